The Balaban J connectivity index is 2.16. The number of ether oxygens (including phenoxy) is 1. The van der Waals surface area contributed by atoms with E-state index in [-0.39, 0.29) is 6.04 Å². The molecule has 6 heteroatoms. The summed E-state index contributed by atoms with van der Waals surface area (Å²) >= 11 is 6.46. The second kappa shape index (κ2) is 7.48. The van der Waals surface area contributed by atoms with Gasteiger partial charge in [-0.15, -0.1) is 0 Å². The van der Waals surface area contributed by atoms with Crippen LogP contribution in [0, 0.1) is 0 Å². The van der Waals surface area contributed by atoms with Gasteiger partial charge in [0.15, 0.2) is 0 Å². The summed E-state index contributed by atoms with van der Waals surface area (Å²) in [6, 6.07) is 0.241. The van der Waals surface area contributed by atoms with E-state index in [1.54, 1.807) is 13.4 Å². The highest BCUT2D eigenvalue weighted by Gasteiger charge is 2.33. The van der Waals surface area contributed by atoms with Crippen molar-refractivity contribution in [1.29, 1.82) is 0 Å². The van der Waals surface area contributed by atoms with E-state index < -0.39 is 0 Å². The van der Waals surface area contributed by atoms with Gasteiger partial charge in [-0.1, -0.05) is 17.7 Å². The Morgan fingerprint density at radius 3 is 2.92 bits per heavy atom. The molecule has 0 spiro atoms. The zero-order valence-electron chi connectivity index (χ0n) is 15.3. The molecule has 3 aliphatic heterocycles. The van der Waals surface area contributed by atoms with E-state index in [1.165, 1.54) is 0 Å². The molecule has 0 aromatic carbocycles. The van der Waals surface area contributed by atoms with Gasteiger partial charge in [0.05, 0.1) is 18.2 Å². The quantitative estimate of drug-likeness (QED) is 0.572. The second-order valence-corrected chi connectivity index (χ2v) is 6.91. The number of allylic oxidation sites excluding steroid dienone is 2. The van der Waals surface area contributed by atoms with E-state index >= 15 is 0 Å². The van der Waals surface area contributed by atoms with Crippen molar-refractivity contribution in [3.8, 4) is 0 Å². The molecule has 0 fully saturated rings. The lowest BCUT2D eigenvalue weighted by Crippen LogP contribution is -2.45. The Morgan fingerprint density at radius 1 is 1.40 bits per heavy atom. The molecule has 0 saturated heterocycles. The van der Waals surface area contributed by atoms with Crippen LogP contribution in [0.1, 0.15) is 20.3 Å². The average Bonchev–Trinajstić information content (AvgIpc) is 2.72. The molecule has 0 amide bonds. The Bertz CT molecular complexity index is 730. The maximum atomic E-state index is 6.46. The second-order valence-electron chi connectivity index (χ2n) is 6.50. The minimum absolute atomic E-state index is 0.241. The van der Waals surface area contributed by atoms with Crippen LogP contribution in [0.15, 0.2) is 56.4 Å². The van der Waals surface area contributed by atoms with Crippen LogP contribution in [0.25, 0.3) is 0 Å². The molecule has 3 rings (SSSR count). The van der Waals surface area contributed by atoms with Crippen molar-refractivity contribution in [1.82, 2.24) is 9.80 Å². The molecule has 5 nitrogen and oxygen atoms in total. The fourth-order valence-corrected chi connectivity index (χ4v) is 3.77. The Morgan fingerprint density at radius 2 is 2.20 bits per heavy atom. The van der Waals surface area contributed by atoms with Gasteiger partial charge in [0, 0.05) is 49.6 Å². The van der Waals surface area contributed by atoms with Gasteiger partial charge in [-0.25, -0.2) is 0 Å². The number of halogens is 1. The Kier molecular flexibility index (Phi) is 5.33. The standard InChI is InChI=1S/C19H25ClN4O/c1-5-15(17(20)12-25-4)16-9-14-11-23(3)10-13(2)22-18(14)24-8-6-7-21-19(16)24/h5,9,11-13H,6-8,10H2,1-4H3/b15-5+,17-12-. The van der Waals surface area contributed by atoms with Crippen LogP contribution >= 0.6 is 11.6 Å². The molecule has 0 aliphatic carbocycles. The van der Waals surface area contributed by atoms with Crippen LogP contribution in [0.4, 0.5) is 0 Å². The molecule has 25 heavy (non-hydrogen) atoms. The van der Waals surface area contributed by atoms with Crippen LogP contribution in [0.3, 0.4) is 0 Å². The Hall–Kier alpha value is -2.01. The van der Waals surface area contributed by atoms with Gasteiger partial charge in [0.1, 0.15) is 17.9 Å². The van der Waals surface area contributed by atoms with Crippen molar-refractivity contribution in [2.45, 2.75) is 26.3 Å². The minimum atomic E-state index is 0.241. The first-order valence-corrected chi connectivity index (χ1v) is 9.02. The predicted octanol–water partition coefficient (Wildman–Crippen LogP) is 3.32. The molecule has 0 saturated carbocycles. The summed E-state index contributed by atoms with van der Waals surface area (Å²) in [6.45, 7) is 6.78. The maximum Gasteiger partial charge on any atom is 0.138 e. The van der Waals surface area contributed by atoms with Crippen LogP contribution in [0.5, 0.6) is 0 Å². The largest absolute Gasteiger partial charge is 0.503 e. The van der Waals surface area contributed by atoms with Gasteiger partial charge in [0.2, 0.25) is 0 Å². The molecule has 0 aromatic heterocycles. The van der Waals surface area contributed by atoms with E-state index in [2.05, 4.69) is 36.0 Å². The molecule has 1 atom stereocenters. The zero-order valence-corrected chi connectivity index (χ0v) is 16.0. The highest BCUT2D eigenvalue weighted by molar-refractivity contribution is 6.34. The van der Waals surface area contributed by atoms with Gasteiger partial charge in [-0.2, -0.15) is 0 Å². The van der Waals surface area contributed by atoms with Crippen molar-refractivity contribution < 1.29 is 4.74 Å². The monoisotopic (exact) mass is 360 g/mol. The molecule has 0 aromatic rings. The summed E-state index contributed by atoms with van der Waals surface area (Å²) in [7, 11) is 3.69. The minimum Gasteiger partial charge on any atom is -0.503 e. The van der Waals surface area contributed by atoms with E-state index in [9.17, 15) is 0 Å². The highest BCUT2D eigenvalue weighted by Crippen LogP contribution is 2.33. The van der Waals surface area contributed by atoms with E-state index in [1.807, 2.05) is 13.0 Å². The van der Waals surface area contributed by atoms with Crippen LogP contribution in [-0.4, -0.2) is 61.3 Å². The van der Waals surface area contributed by atoms with Crippen molar-refractivity contribution in [2.24, 2.45) is 9.98 Å². The number of fused-ring (bicyclic) bond motifs is 3. The molecule has 0 bridgehead atoms. The van der Waals surface area contributed by atoms with E-state index in [0.717, 1.165) is 54.4 Å². The summed E-state index contributed by atoms with van der Waals surface area (Å²) in [4.78, 5) is 14.2. The zero-order chi connectivity index (χ0) is 18.0. The van der Waals surface area contributed by atoms with Crippen LogP contribution in [-0.2, 0) is 4.74 Å². The summed E-state index contributed by atoms with van der Waals surface area (Å²) < 4.78 is 5.11. The van der Waals surface area contributed by atoms with Gasteiger partial charge >= 0.3 is 0 Å². The third-order valence-electron chi connectivity index (χ3n) is 4.42. The summed E-state index contributed by atoms with van der Waals surface area (Å²) in [6.07, 6.45) is 8.90. The SMILES string of the molecule is C/C=C(C1=CC2=CN(C)CC(C)N=C2N2CCCN=C12)/C(Cl)=C/OC. The third-order valence-corrected chi connectivity index (χ3v) is 4.72. The van der Waals surface area contributed by atoms with E-state index in [4.69, 9.17) is 26.3 Å². The summed E-state index contributed by atoms with van der Waals surface area (Å²) in [5, 5.41) is 0.570. The van der Waals surface area contributed by atoms with Gasteiger partial charge < -0.3 is 14.5 Å². The number of aliphatic imine (C=N–C) groups is 2. The van der Waals surface area contributed by atoms with Crippen molar-refractivity contribution in [3.63, 3.8) is 0 Å². The highest BCUT2D eigenvalue weighted by atomic mass is 35.5. The molecule has 0 N–H and O–H groups in total. The molecule has 0 radical (unpaired) electrons. The first kappa shape index (κ1) is 17.8. The molecule has 1 unspecified atom stereocenters. The topological polar surface area (TPSA) is 40.4 Å². The fourth-order valence-electron chi connectivity index (χ4n) is 3.47. The third kappa shape index (κ3) is 3.52. The normalized spacial score (nSPS) is 24.4. The lowest BCUT2D eigenvalue weighted by molar-refractivity contribution is 0.337. The molecule has 3 aliphatic rings. The number of hydrogen-bond donors (Lipinski definition) is 0. The van der Waals surface area contributed by atoms with Crippen molar-refractivity contribution in [2.75, 3.05) is 33.8 Å². The number of likely N-dealkylation sites (N-methyl/N-ethyl adjacent to an activating group) is 1. The van der Waals surface area contributed by atoms with Gasteiger partial charge in [-0.3, -0.25) is 9.98 Å². The number of amidine groups is 2. The predicted molar refractivity (Wildman–Crippen MR) is 104 cm³/mol. The summed E-state index contributed by atoms with van der Waals surface area (Å²) in [5.74, 6) is 1.97. The number of rotatable bonds is 3. The first-order valence-electron chi connectivity index (χ1n) is 8.65. The first-order chi connectivity index (χ1) is 12.0. The van der Waals surface area contributed by atoms with E-state index in [0.29, 0.717) is 5.03 Å². The fraction of sp³-hybridized carbons (Fsp3) is 0.474. The number of nitrogens with zero attached hydrogens (tertiary/aromatic N) is 4. The molecular formula is C19H25ClN4O. The lowest BCUT2D eigenvalue weighted by Gasteiger charge is -2.36. The molecule has 3 heterocycles. The van der Waals surface area contributed by atoms with Gasteiger partial charge in [-0.05, 0) is 26.3 Å². The Labute approximate surface area is 154 Å². The van der Waals surface area contributed by atoms with Crippen molar-refractivity contribution >= 4 is 23.3 Å². The van der Waals surface area contributed by atoms with Crippen LogP contribution in [0.2, 0.25) is 0 Å². The number of methoxy groups -OCH3 is 1. The molecule has 134 valence electrons. The average molecular weight is 361 g/mol. The summed E-state index contributed by atoms with van der Waals surface area (Å²) in [5.41, 5.74) is 3.05. The van der Waals surface area contributed by atoms with Crippen LogP contribution < -0.4 is 0 Å². The van der Waals surface area contributed by atoms with Crippen molar-refractivity contribution in [3.05, 3.63) is 46.4 Å². The number of hydrogen-bond acceptors (Lipinski definition) is 5. The smallest absolute Gasteiger partial charge is 0.138 e. The molecular weight excluding hydrogens is 336 g/mol. The van der Waals surface area contributed by atoms with Gasteiger partial charge in [0.25, 0.3) is 0 Å². The lowest BCUT2D eigenvalue weighted by atomic mass is 9.95. The maximum absolute atomic E-state index is 6.46.